The van der Waals surface area contributed by atoms with E-state index in [1.165, 1.54) is 0 Å². The van der Waals surface area contributed by atoms with E-state index in [2.05, 4.69) is 10.4 Å². The van der Waals surface area contributed by atoms with Crippen LogP contribution >= 0.6 is 23.2 Å². The Bertz CT molecular complexity index is 554. The zero-order valence-electron chi connectivity index (χ0n) is 9.44. The van der Waals surface area contributed by atoms with Gasteiger partial charge in [-0.25, -0.2) is 4.68 Å². The number of hydrogen-bond acceptors (Lipinski definition) is 2. The fourth-order valence-corrected chi connectivity index (χ4v) is 1.83. The summed E-state index contributed by atoms with van der Waals surface area (Å²) in [6.45, 7) is 0.533. The number of amides is 1. The Labute approximate surface area is 115 Å². The largest absolute Gasteiger partial charge is 0.310 e. The first-order chi connectivity index (χ1) is 8.69. The van der Waals surface area contributed by atoms with Gasteiger partial charge in [0.1, 0.15) is 11.7 Å². The van der Waals surface area contributed by atoms with Crippen LogP contribution in [0.25, 0.3) is 0 Å². The molecule has 6 heteroatoms. The second-order valence-corrected chi connectivity index (χ2v) is 4.39. The van der Waals surface area contributed by atoms with Crippen molar-refractivity contribution in [3.05, 3.63) is 47.1 Å². The van der Waals surface area contributed by atoms with Gasteiger partial charge in [-0.3, -0.25) is 4.79 Å². The van der Waals surface area contributed by atoms with Gasteiger partial charge < -0.3 is 5.32 Å². The van der Waals surface area contributed by atoms with E-state index in [1.54, 1.807) is 16.9 Å². The van der Waals surface area contributed by atoms with Crippen LogP contribution in [0.15, 0.2) is 36.5 Å². The van der Waals surface area contributed by atoms with Crippen molar-refractivity contribution in [3.63, 3.8) is 0 Å². The number of anilines is 1. The quantitative estimate of drug-likeness (QED) is 0.877. The third-order valence-electron chi connectivity index (χ3n) is 2.33. The van der Waals surface area contributed by atoms with Crippen LogP contribution in [0.5, 0.6) is 0 Å². The van der Waals surface area contributed by atoms with Gasteiger partial charge in [-0.2, -0.15) is 5.10 Å². The van der Waals surface area contributed by atoms with Gasteiger partial charge in [0.25, 0.3) is 0 Å². The van der Waals surface area contributed by atoms with E-state index in [4.69, 9.17) is 23.2 Å². The molecule has 1 heterocycles. The molecule has 4 nitrogen and oxygen atoms in total. The lowest BCUT2D eigenvalue weighted by Gasteiger charge is -2.08. The van der Waals surface area contributed by atoms with Gasteiger partial charge in [-0.15, -0.1) is 11.6 Å². The monoisotopic (exact) mass is 283 g/mol. The summed E-state index contributed by atoms with van der Waals surface area (Å²) in [7, 11) is 0. The van der Waals surface area contributed by atoms with Crippen LogP contribution in [-0.4, -0.2) is 21.6 Å². The molecular weight excluding hydrogens is 273 g/mol. The van der Waals surface area contributed by atoms with Crippen molar-refractivity contribution in [1.82, 2.24) is 9.78 Å². The minimum Gasteiger partial charge on any atom is -0.310 e. The van der Waals surface area contributed by atoms with Crippen LogP contribution in [0.3, 0.4) is 0 Å². The number of benzene rings is 1. The lowest BCUT2D eigenvalue weighted by Crippen LogP contribution is -2.16. The summed E-state index contributed by atoms with van der Waals surface area (Å²) in [6.07, 6.45) is 1.62. The highest BCUT2D eigenvalue weighted by molar-refractivity contribution is 6.30. The van der Waals surface area contributed by atoms with Crippen LogP contribution in [-0.2, 0) is 11.3 Å². The molecule has 2 aromatic rings. The van der Waals surface area contributed by atoms with Gasteiger partial charge in [0, 0.05) is 11.1 Å². The van der Waals surface area contributed by atoms with Crippen molar-refractivity contribution < 1.29 is 4.79 Å². The van der Waals surface area contributed by atoms with Crippen LogP contribution in [0, 0.1) is 0 Å². The molecule has 1 N–H and O–H groups in total. The Morgan fingerprint density at radius 2 is 2.22 bits per heavy atom. The summed E-state index contributed by atoms with van der Waals surface area (Å²) in [5.41, 5.74) is 1.01. The molecule has 1 aromatic heterocycles. The Morgan fingerprint density at radius 1 is 1.39 bits per heavy atom. The maximum absolute atomic E-state index is 11.2. The molecule has 1 amide bonds. The fraction of sp³-hybridized carbons (Fsp3) is 0.167. The van der Waals surface area contributed by atoms with E-state index in [-0.39, 0.29) is 11.8 Å². The second-order valence-electron chi connectivity index (χ2n) is 3.69. The van der Waals surface area contributed by atoms with Crippen LogP contribution in [0.4, 0.5) is 5.82 Å². The summed E-state index contributed by atoms with van der Waals surface area (Å²) in [5.74, 6) is 0.271. The number of rotatable bonds is 4. The first-order valence-electron chi connectivity index (χ1n) is 5.31. The molecular formula is C12H11Cl2N3O. The molecule has 0 radical (unpaired) electrons. The van der Waals surface area contributed by atoms with Gasteiger partial charge >= 0.3 is 0 Å². The average molecular weight is 284 g/mol. The summed E-state index contributed by atoms with van der Waals surface area (Å²) in [6, 6.07) is 9.20. The van der Waals surface area contributed by atoms with Crippen molar-refractivity contribution in [1.29, 1.82) is 0 Å². The predicted molar refractivity (Wildman–Crippen MR) is 72.1 cm³/mol. The molecule has 0 bridgehead atoms. The van der Waals surface area contributed by atoms with Crippen molar-refractivity contribution in [2.45, 2.75) is 6.54 Å². The highest BCUT2D eigenvalue weighted by atomic mass is 35.5. The Kier molecular flexibility index (Phi) is 4.23. The van der Waals surface area contributed by atoms with Crippen molar-refractivity contribution in [2.75, 3.05) is 11.2 Å². The third kappa shape index (κ3) is 3.24. The van der Waals surface area contributed by atoms with Crippen LogP contribution < -0.4 is 5.32 Å². The van der Waals surface area contributed by atoms with Gasteiger partial charge in [0.05, 0.1) is 12.7 Å². The highest BCUT2D eigenvalue weighted by Gasteiger charge is 2.06. The number of carbonyl (C=O) groups is 1. The second kappa shape index (κ2) is 5.89. The average Bonchev–Trinajstić information content (AvgIpc) is 2.76. The molecule has 0 atom stereocenters. The maximum atomic E-state index is 11.2. The van der Waals surface area contributed by atoms with Gasteiger partial charge in [-0.05, 0) is 17.7 Å². The molecule has 0 saturated carbocycles. The SMILES string of the molecule is O=C(CCl)Nc1ccnn1Cc1cccc(Cl)c1. The molecule has 18 heavy (non-hydrogen) atoms. The summed E-state index contributed by atoms with van der Waals surface area (Å²) in [5, 5.41) is 7.49. The number of hydrogen-bond donors (Lipinski definition) is 1. The number of halogens is 2. The smallest absolute Gasteiger partial charge is 0.240 e. The molecule has 0 unspecified atom stereocenters. The lowest BCUT2D eigenvalue weighted by molar-refractivity contribution is -0.114. The van der Waals surface area contributed by atoms with E-state index >= 15 is 0 Å². The molecule has 0 aliphatic carbocycles. The van der Waals surface area contributed by atoms with E-state index in [0.29, 0.717) is 17.4 Å². The van der Waals surface area contributed by atoms with Crippen molar-refractivity contribution in [3.8, 4) is 0 Å². The zero-order chi connectivity index (χ0) is 13.0. The molecule has 0 saturated heterocycles. The lowest BCUT2D eigenvalue weighted by atomic mass is 10.2. The molecule has 0 spiro atoms. The van der Waals surface area contributed by atoms with Gasteiger partial charge in [-0.1, -0.05) is 23.7 Å². The van der Waals surface area contributed by atoms with Crippen LogP contribution in [0.2, 0.25) is 5.02 Å². The van der Waals surface area contributed by atoms with Crippen molar-refractivity contribution >= 4 is 34.9 Å². The Hall–Kier alpha value is -1.52. The molecule has 0 aliphatic heterocycles. The number of aromatic nitrogens is 2. The molecule has 0 aliphatic rings. The standard InChI is InChI=1S/C12H11Cl2N3O/c13-7-12(18)16-11-4-5-15-17(11)8-9-2-1-3-10(14)6-9/h1-6H,7-8H2,(H,16,18). The van der Waals surface area contributed by atoms with Crippen LogP contribution in [0.1, 0.15) is 5.56 Å². The molecule has 0 fully saturated rings. The number of nitrogens with one attached hydrogen (secondary N) is 1. The third-order valence-corrected chi connectivity index (χ3v) is 2.80. The van der Waals surface area contributed by atoms with Gasteiger partial charge in [0.2, 0.25) is 5.91 Å². The number of nitrogens with zero attached hydrogens (tertiary/aromatic N) is 2. The maximum Gasteiger partial charge on any atom is 0.240 e. The molecule has 2 rings (SSSR count). The number of carbonyl (C=O) groups excluding carboxylic acids is 1. The van der Waals surface area contributed by atoms with E-state index in [0.717, 1.165) is 5.56 Å². The first-order valence-corrected chi connectivity index (χ1v) is 6.22. The van der Waals surface area contributed by atoms with Gasteiger partial charge in [0.15, 0.2) is 0 Å². The summed E-state index contributed by atoms with van der Waals surface area (Å²) < 4.78 is 1.68. The zero-order valence-corrected chi connectivity index (χ0v) is 10.9. The topological polar surface area (TPSA) is 46.9 Å². The number of alkyl halides is 1. The summed E-state index contributed by atoms with van der Waals surface area (Å²) in [4.78, 5) is 11.2. The normalized spacial score (nSPS) is 10.3. The van der Waals surface area contributed by atoms with Crippen molar-refractivity contribution in [2.24, 2.45) is 0 Å². The van der Waals surface area contributed by atoms with E-state index in [9.17, 15) is 4.79 Å². The summed E-state index contributed by atoms with van der Waals surface area (Å²) >= 11 is 11.4. The minimum absolute atomic E-state index is 0.0810. The Morgan fingerprint density at radius 3 is 2.94 bits per heavy atom. The first kappa shape index (κ1) is 12.9. The minimum atomic E-state index is -0.260. The van der Waals surface area contributed by atoms with E-state index in [1.807, 2.05) is 24.3 Å². The molecule has 94 valence electrons. The van der Waals surface area contributed by atoms with E-state index < -0.39 is 0 Å². The highest BCUT2D eigenvalue weighted by Crippen LogP contribution is 2.14. The Balaban J connectivity index is 2.15. The molecule has 1 aromatic carbocycles. The predicted octanol–water partition coefficient (Wildman–Crippen LogP) is 2.76. The fourth-order valence-electron chi connectivity index (χ4n) is 1.55.